The van der Waals surface area contributed by atoms with E-state index in [0.717, 1.165) is 11.3 Å². The number of hydrogen-bond acceptors (Lipinski definition) is 2. The monoisotopic (exact) mass is 279 g/mol. The minimum absolute atomic E-state index is 0.470. The molecule has 0 spiro atoms. The molecule has 0 aliphatic heterocycles. The third-order valence-corrected chi connectivity index (χ3v) is 3.82. The summed E-state index contributed by atoms with van der Waals surface area (Å²) in [4.78, 5) is 4.56. The number of unbranched alkanes of at least 4 members (excludes halogenated alkanes) is 3. The molecule has 0 fully saturated rings. The van der Waals surface area contributed by atoms with Gasteiger partial charge in [-0.15, -0.1) is 0 Å². The highest BCUT2D eigenvalue weighted by Gasteiger charge is 2.16. The van der Waals surface area contributed by atoms with Crippen LogP contribution in [-0.2, 0) is 0 Å². The molecule has 1 atom stereocenters. The number of aryl methyl sites for hydroxylation is 1. The average Bonchev–Trinajstić information content (AvgIpc) is 2.70. The van der Waals surface area contributed by atoms with Gasteiger partial charge in [-0.1, -0.05) is 51.1 Å². The van der Waals surface area contributed by atoms with Crippen LogP contribution < -0.4 is 0 Å². The summed E-state index contributed by atoms with van der Waals surface area (Å²) in [7, 11) is 0. The molecule has 2 heterocycles. The number of aromatic nitrogens is 3. The van der Waals surface area contributed by atoms with Gasteiger partial charge >= 0.3 is 0 Å². The summed E-state index contributed by atoms with van der Waals surface area (Å²) < 4.78 is 1.90. The molecule has 2 rings (SSSR count). The summed E-state index contributed by atoms with van der Waals surface area (Å²) in [6.45, 7) is 6.55. The van der Waals surface area contributed by atoms with Gasteiger partial charge in [0.1, 0.15) is 5.15 Å². The molecule has 4 heteroatoms. The molecule has 1 unspecified atom stereocenters. The van der Waals surface area contributed by atoms with Crippen molar-refractivity contribution < 1.29 is 0 Å². The van der Waals surface area contributed by atoms with Gasteiger partial charge in [0, 0.05) is 5.92 Å². The predicted octanol–water partition coefficient (Wildman–Crippen LogP) is 4.77. The Morgan fingerprint density at radius 1 is 1.26 bits per heavy atom. The maximum Gasteiger partial charge on any atom is 0.154 e. The molecule has 0 saturated carbocycles. The predicted molar refractivity (Wildman–Crippen MR) is 79.9 cm³/mol. The van der Waals surface area contributed by atoms with Gasteiger partial charge in [-0.2, -0.15) is 5.10 Å². The Morgan fingerprint density at radius 2 is 2.05 bits per heavy atom. The van der Waals surface area contributed by atoms with E-state index in [1.807, 2.05) is 10.6 Å². The van der Waals surface area contributed by atoms with E-state index in [1.165, 1.54) is 37.8 Å². The molecule has 2 aromatic heterocycles. The third kappa shape index (κ3) is 3.27. The highest BCUT2D eigenvalue weighted by Crippen LogP contribution is 2.26. The highest BCUT2D eigenvalue weighted by atomic mass is 35.5. The van der Waals surface area contributed by atoms with Crippen LogP contribution >= 0.6 is 11.6 Å². The molecule has 0 aromatic carbocycles. The van der Waals surface area contributed by atoms with Crippen LogP contribution in [0.1, 0.15) is 63.3 Å². The lowest BCUT2D eigenvalue weighted by Crippen LogP contribution is -2.03. The van der Waals surface area contributed by atoms with Crippen molar-refractivity contribution in [1.82, 2.24) is 14.6 Å². The first-order valence-electron chi connectivity index (χ1n) is 7.15. The molecule has 0 saturated heterocycles. The Kier molecular flexibility index (Phi) is 4.81. The molecule has 3 nitrogen and oxygen atoms in total. The fourth-order valence-corrected chi connectivity index (χ4v) is 2.76. The maximum atomic E-state index is 5.99. The summed E-state index contributed by atoms with van der Waals surface area (Å²) in [6, 6.07) is 3.72. The summed E-state index contributed by atoms with van der Waals surface area (Å²) in [5.41, 5.74) is 3.16. The van der Waals surface area contributed by atoms with Gasteiger partial charge in [-0.05, 0) is 25.5 Å². The SMILES string of the molecule is CCCCCCC(C)c1c(C)nc2ccc(Cl)nn12. The van der Waals surface area contributed by atoms with Crippen LogP contribution in [0.15, 0.2) is 12.1 Å². The van der Waals surface area contributed by atoms with Gasteiger partial charge in [0.2, 0.25) is 0 Å². The lowest BCUT2D eigenvalue weighted by Gasteiger charge is -2.11. The first-order chi connectivity index (χ1) is 9.13. The van der Waals surface area contributed by atoms with Crippen LogP contribution in [0.5, 0.6) is 0 Å². The minimum atomic E-state index is 0.470. The van der Waals surface area contributed by atoms with Crippen molar-refractivity contribution in [2.45, 2.75) is 58.8 Å². The van der Waals surface area contributed by atoms with Gasteiger partial charge in [0.25, 0.3) is 0 Å². The molecule has 104 valence electrons. The summed E-state index contributed by atoms with van der Waals surface area (Å²) in [6.07, 6.45) is 6.36. The van der Waals surface area contributed by atoms with Crippen LogP contribution in [0.4, 0.5) is 0 Å². The summed E-state index contributed by atoms with van der Waals surface area (Å²) in [5, 5.41) is 4.90. The molecule has 0 aliphatic rings. The van der Waals surface area contributed by atoms with E-state index in [2.05, 4.69) is 30.9 Å². The van der Waals surface area contributed by atoms with Crippen molar-refractivity contribution >= 4 is 17.2 Å². The van der Waals surface area contributed by atoms with Gasteiger partial charge in [-0.3, -0.25) is 0 Å². The normalized spacial score (nSPS) is 13.1. The first-order valence-corrected chi connectivity index (χ1v) is 7.53. The fraction of sp³-hybridized carbons (Fsp3) is 0.600. The molecule has 0 aliphatic carbocycles. The summed E-state index contributed by atoms with van der Waals surface area (Å²) in [5.74, 6) is 0.470. The number of halogens is 1. The van der Waals surface area contributed by atoms with E-state index >= 15 is 0 Å². The van der Waals surface area contributed by atoms with E-state index in [9.17, 15) is 0 Å². The van der Waals surface area contributed by atoms with E-state index in [4.69, 9.17) is 11.6 Å². The Labute approximate surface area is 120 Å². The van der Waals surface area contributed by atoms with E-state index in [1.54, 1.807) is 6.07 Å². The van der Waals surface area contributed by atoms with Crippen molar-refractivity contribution in [2.24, 2.45) is 0 Å². The van der Waals surface area contributed by atoms with Crippen LogP contribution in [-0.4, -0.2) is 14.6 Å². The smallest absolute Gasteiger partial charge is 0.154 e. The average molecular weight is 280 g/mol. The number of nitrogens with zero attached hydrogens (tertiary/aromatic N) is 3. The molecule has 0 bridgehead atoms. The Bertz CT molecular complexity index is 548. The molecular weight excluding hydrogens is 258 g/mol. The second kappa shape index (κ2) is 6.38. The first kappa shape index (κ1) is 14.3. The van der Waals surface area contributed by atoms with Crippen molar-refractivity contribution in [3.05, 3.63) is 28.7 Å². The quantitative estimate of drug-likeness (QED) is 0.713. The number of fused-ring (bicyclic) bond motifs is 1. The molecule has 19 heavy (non-hydrogen) atoms. The van der Waals surface area contributed by atoms with Gasteiger partial charge in [0.05, 0.1) is 11.4 Å². The van der Waals surface area contributed by atoms with E-state index < -0.39 is 0 Å². The highest BCUT2D eigenvalue weighted by molar-refractivity contribution is 6.29. The van der Waals surface area contributed by atoms with Crippen LogP contribution in [0.25, 0.3) is 5.65 Å². The third-order valence-electron chi connectivity index (χ3n) is 3.62. The molecule has 0 radical (unpaired) electrons. The van der Waals surface area contributed by atoms with Gasteiger partial charge in [-0.25, -0.2) is 9.50 Å². The fourth-order valence-electron chi connectivity index (χ4n) is 2.62. The Morgan fingerprint density at radius 3 is 2.79 bits per heavy atom. The van der Waals surface area contributed by atoms with Crippen LogP contribution in [0.2, 0.25) is 5.15 Å². The zero-order valence-electron chi connectivity index (χ0n) is 12.0. The minimum Gasteiger partial charge on any atom is -0.232 e. The number of hydrogen-bond donors (Lipinski definition) is 0. The van der Waals surface area contributed by atoms with E-state index in [0.29, 0.717) is 11.1 Å². The number of rotatable bonds is 6. The van der Waals surface area contributed by atoms with Crippen molar-refractivity contribution in [1.29, 1.82) is 0 Å². The molecule has 0 N–H and O–H groups in total. The zero-order chi connectivity index (χ0) is 13.8. The molecule has 2 aromatic rings. The lowest BCUT2D eigenvalue weighted by atomic mass is 9.98. The van der Waals surface area contributed by atoms with Gasteiger partial charge in [0.15, 0.2) is 5.65 Å². The van der Waals surface area contributed by atoms with Crippen molar-refractivity contribution in [3.8, 4) is 0 Å². The second-order valence-corrected chi connectivity index (χ2v) is 5.65. The second-order valence-electron chi connectivity index (χ2n) is 5.26. The lowest BCUT2D eigenvalue weighted by molar-refractivity contribution is 0.562. The Balaban J connectivity index is 2.18. The van der Waals surface area contributed by atoms with E-state index in [-0.39, 0.29) is 0 Å². The zero-order valence-corrected chi connectivity index (χ0v) is 12.7. The summed E-state index contributed by atoms with van der Waals surface area (Å²) >= 11 is 5.99. The van der Waals surface area contributed by atoms with Crippen molar-refractivity contribution in [2.75, 3.05) is 0 Å². The number of imidazole rings is 1. The maximum absolute atomic E-state index is 5.99. The van der Waals surface area contributed by atoms with Crippen LogP contribution in [0, 0.1) is 6.92 Å². The van der Waals surface area contributed by atoms with Gasteiger partial charge < -0.3 is 0 Å². The molecule has 0 amide bonds. The topological polar surface area (TPSA) is 30.2 Å². The Hall–Kier alpha value is -1.09. The standard InChI is InChI=1S/C15H22ClN3/c1-4-5-6-7-8-11(2)15-12(3)17-14-10-9-13(16)18-19(14)15/h9-11H,4-8H2,1-3H3. The van der Waals surface area contributed by atoms with Crippen molar-refractivity contribution in [3.63, 3.8) is 0 Å². The van der Waals surface area contributed by atoms with Crippen LogP contribution in [0.3, 0.4) is 0 Å². The molecular formula is C15H22ClN3. The largest absolute Gasteiger partial charge is 0.232 e.